The Kier molecular flexibility index (Phi) is 3.18. The smallest absolute Gasteiger partial charge is 0.125 e. The number of hydrogen-bond donors (Lipinski definition) is 2. The standard InChI is InChI=1S/C11H15N3S/c1-8(2-4-12)10-7-15-11(14-10)9-3-5-13-6-9/h3,5-8,13H,2,4,12H2,1H3. The van der Waals surface area contributed by atoms with Gasteiger partial charge in [0.1, 0.15) is 5.01 Å². The summed E-state index contributed by atoms with van der Waals surface area (Å²) in [6.45, 7) is 2.89. The summed E-state index contributed by atoms with van der Waals surface area (Å²) < 4.78 is 0. The average molecular weight is 221 g/mol. The molecule has 3 N–H and O–H groups in total. The quantitative estimate of drug-likeness (QED) is 0.833. The van der Waals surface area contributed by atoms with Gasteiger partial charge in [0.2, 0.25) is 0 Å². The van der Waals surface area contributed by atoms with Crippen molar-refractivity contribution in [2.24, 2.45) is 5.73 Å². The van der Waals surface area contributed by atoms with Crippen molar-refractivity contribution in [3.8, 4) is 10.6 Å². The topological polar surface area (TPSA) is 54.7 Å². The summed E-state index contributed by atoms with van der Waals surface area (Å²) in [5, 5.41) is 3.21. The van der Waals surface area contributed by atoms with Crippen LogP contribution in [0.2, 0.25) is 0 Å². The monoisotopic (exact) mass is 221 g/mol. The van der Waals surface area contributed by atoms with Crippen LogP contribution in [-0.2, 0) is 0 Å². The Balaban J connectivity index is 2.17. The van der Waals surface area contributed by atoms with Crippen LogP contribution < -0.4 is 5.73 Å². The van der Waals surface area contributed by atoms with Crippen LogP contribution in [0, 0.1) is 0 Å². The molecule has 0 radical (unpaired) electrons. The molecule has 0 amide bonds. The molecule has 3 nitrogen and oxygen atoms in total. The molecule has 2 aromatic rings. The summed E-state index contributed by atoms with van der Waals surface area (Å²) in [5.74, 6) is 0.457. The van der Waals surface area contributed by atoms with Gasteiger partial charge in [-0.25, -0.2) is 4.98 Å². The Morgan fingerprint density at radius 1 is 1.60 bits per heavy atom. The first-order valence-electron chi connectivity index (χ1n) is 5.10. The number of nitrogens with two attached hydrogens (primary N) is 1. The van der Waals surface area contributed by atoms with E-state index in [0.29, 0.717) is 5.92 Å². The minimum Gasteiger partial charge on any atom is -0.367 e. The lowest BCUT2D eigenvalue weighted by Crippen LogP contribution is -2.04. The van der Waals surface area contributed by atoms with Crippen LogP contribution >= 0.6 is 11.3 Å². The van der Waals surface area contributed by atoms with Gasteiger partial charge in [0.15, 0.2) is 0 Å². The zero-order valence-electron chi connectivity index (χ0n) is 8.73. The van der Waals surface area contributed by atoms with Crippen molar-refractivity contribution in [2.75, 3.05) is 6.54 Å². The van der Waals surface area contributed by atoms with Crippen molar-refractivity contribution >= 4 is 11.3 Å². The number of aromatic nitrogens is 2. The molecular weight excluding hydrogens is 206 g/mol. The Hall–Kier alpha value is -1.13. The third kappa shape index (κ3) is 2.27. The highest BCUT2D eigenvalue weighted by atomic mass is 32.1. The summed E-state index contributed by atoms with van der Waals surface area (Å²) in [5.41, 5.74) is 7.85. The van der Waals surface area contributed by atoms with Gasteiger partial charge in [-0.05, 0) is 19.0 Å². The minimum atomic E-state index is 0.457. The fraction of sp³-hybridized carbons (Fsp3) is 0.364. The van der Waals surface area contributed by atoms with E-state index in [1.165, 1.54) is 0 Å². The van der Waals surface area contributed by atoms with Crippen molar-refractivity contribution in [3.05, 3.63) is 29.5 Å². The summed E-state index contributed by atoms with van der Waals surface area (Å²) in [6.07, 6.45) is 4.88. The number of H-pyrrole nitrogens is 1. The molecule has 0 spiro atoms. The number of hydrogen-bond acceptors (Lipinski definition) is 3. The van der Waals surface area contributed by atoms with E-state index in [4.69, 9.17) is 5.73 Å². The molecule has 0 aromatic carbocycles. The Morgan fingerprint density at radius 2 is 2.47 bits per heavy atom. The van der Waals surface area contributed by atoms with E-state index in [2.05, 4.69) is 22.3 Å². The predicted molar refractivity (Wildman–Crippen MR) is 64.0 cm³/mol. The molecular formula is C11H15N3S. The highest BCUT2D eigenvalue weighted by molar-refractivity contribution is 7.13. The molecule has 1 unspecified atom stereocenters. The molecule has 0 aliphatic rings. The second kappa shape index (κ2) is 4.59. The van der Waals surface area contributed by atoms with Gasteiger partial charge >= 0.3 is 0 Å². The van der Waals surface area contributed by atoms with E-state index >= 15 is 0 Å². The molecule has 0 aliphatic carbocycles. The highest BCUT2D eigenvalue weighted by Gasteiger charge is 2.10. The predicted octanol–water partition coefficient (Wildman–Crippen LogP) is 2.59. The zero-order valence-corrected chi connectivity index (χ0v) is 9.55. The van der Waals surface area contributed by atoms with E-state index in [-0.39, 0.29) is 0 Å². The van der Waals surface area contributed by atoms with Gasteiger partial charge in [0, 0.05) is 29.3 Å². The Labute approximate surface area is 93.4 Å². The van der Waals surface area contributed by atoms with Gasteiger partial charge in [0.05, 0.1) is 5.69 Å². The molecule has 0 fully saturated rings. The minimum absolute atomic E-state index is 0.457. The highest BCUT2D eigenvalue weighted by Crippen LogP contribution is 2.27. The third-order valence-electron chi connectivity index (χ3n) is 2.47. The van der Waals surface area contributed by atoms with Crippen LogP contribution in [0.3, 0.4) is 0 Å². The Bertz CT molecular complexity index is 405. The molecule has 2 rings (SSSR count). The third-order valence-corrected chi connectivity index (χ3v) is 3.38. The number of nitrogens with zero attached hydrogens (tertiary/aromatic N) is 1. The molecule has 0 saturated heterocycles. The number of rotatable bonds is 4. The van der Waals surface area contributed by atoms with Crippen LogP contribution in [-0.4, -0.2) is 16.5 Å². The first kappa shape index (κ1) is 10.4. The summed E-state index contributed by atoms with van der Waals surface area (Å²) in [4.78, 5) is 7.65. The van der Waals surface area contributed by atoms with Crippen LogP contribution in [0.1, 0.15) is 25.0 Å². The average Bonchev–Trinajstić information content (AvgIpc) is 2.89. The van der Waals surface area contributed by atoms with Crippen molar-refractivity contribution in [2.45, 2.75) is 19.3 Å². The van der Waals surface area contributed by atoms with Crippen LogP contribution in [0.25, 0.3) is 10.6 Å². The first-order valence-corrected chi connectivity index (χ1v) is 5.98. The maximum Gasteiger partial charge on any atom is 0.125 e. The molecule has 4 heteroatoms. The lowest BCUT2D eigenvalue weighted by molar-refractivity contribution is 0.675. The molecule has 0 saturated carbocycles. The van der Waals surface area contributed by atoms with Crippen LogP contribution in [0.4, 0.5) is 0 Å². The number of aromatic amines is 1. The van der Waals surface area contributed by atoms with Crippen molar-refractivity contribution in [1.82, 2.24) is 9.97 Å². The summed E-state index contributed by atoms with van der Waals surface area (Å²) in [6, 6.07) is 2.04. The van der Waals surface area contributed by atoms with Crippen LogP contribution in [0.15, 0.2) is 23.8 Å². The van der Waals surface area contributed by atoms with Crippen molar-refractivity contribution < 1.29 is 0 Å². The molecule has 0 aliphatic heterocycles. The fourth-order valence-corrected chi connectivity index (χ4v) is 2.44. The van der Waals surface area contributed by atoms with Gasteiger partial charge in [-0.2, -0.15) is 0 Å². The van der Waals surface area contributed by atoms with Gasteiger partial charge < -0.3 is 10.7 Å². The van der Waals surface area contributed by atoms with Gasteiger partial charge in [-0.15, -0.1) is 11.3 Å². The molecule has 80 valence electrons. The molecule has 0 bridgehead atoms. The fourth-order valence-electron chi connectivity index (χ4n) is 1.50. The lowest BCUT2D eigenvalue weighted by Gasteiger charge is -2.04. The van der Waals surface area contributed by atoms with Crippen molar-refractivity contribution in [3.63, 3.8) is 0 Å². The normalized spacial score (nSPS) is 12.9. The summed E-state index contributed by atoms with van der Waals surface area (Å²) in [7, 11) is 0. The zero-order chi connectivity index (χ0) is 10.7. The molecule has 15 heavy (non-hydrogen) atoms. The summed E-state index contributed by atoms with van der Waals surface area (Å²) >= 11 is 1.69. The van der Waals surface area contributed by atoms with E-state index < -0.39 is 0 Å². The van der Waals surface area contributed by atoms with E-state index in [0.717, 1.165) is 29.2 Å². The second-order valence-corrected chi connectivity index (χ2v) is 4.51. The maximum absolute atomic E-state index is 5.54. The largest absolute Gasteiger partial charge is 0.367 e. The number of nitrogens with one attached hydrogen (secondary N) is 1. The van der Waals surface area contributed by atoms with Gasteiger partial charge in [-0.1, -0.05) is 6.92 Å². The SMILES string of the molecule is CC(CCN)c1csc(-c2cc[nH]c2)n1. The van der Waals surface area contributed by atoms with E-state index in [1.807, 2.05) is 18.5 Å². The van der Waals surface area contributed by atoms with Gasteiger partial charge in [0.25, 0.3) is 0 Å². The molecule has 1 atom stereocenters. The van der Waals surface area contributed by atoms with E-state index in [9.17, 15) is 0 Å². The lowest BCUT2D eigenvalue weighted by atomic mass is 10.1. The number of thiazole rings is 1. The maximum atomic E-state index is 5.54. The van der Waals surface area contributed by atoms with E-state index in [1.54, 1.807) is 11.3 Å². The molecule has 2 aromatic heterocycles. The second-order valence-electron chi connectivity index (χ2n) is 3.66. The first-order chi connectivity index (χ1) is 7.31. The molecule has 2 heterocycles. The van der Waals surface area contributed by atoms with Crippen molar-refractivity contribution in [1.29, 1.82) is 0 Å². The van der Waals surface area contributed by atoms with Crippen LogP contribution in [0.5, 0.6) is 0 Å². The Morgan fingerprint density at radius 3 is 3.13 bits per heavy atom. The van der Waals surface area contributed by atoms with Gasteiger partial charge in [-0.3, -0.25) is 0 Å².